The molecule has 0 N–H and O–H groups in total. The first-order chi connectivity index (χ1) is 12.4. The zero-order valence-electron chi connectivity index (χ0n) is 14.5. The van der Waals surface area contributed by atoms with Crippen LogP contribution in [0.15, 0.2) is 64.5 Å². The van der Waals surface area contributed by atoms with Crippen molar-refractivity contribution in [2.75, 3.05) is 20.7 Å². The van der Waals surface area contributed by atoms with Crippen molar-refractivity contribution in [3.63, 3.8) is 0 Å². The van der Waals surface area contributed by atoms with Gasteiger partial charge in [-0.3, -0.25) is 9.36 Å². The van der Waals surface area contributed by atoms with E-state index in [0.29, 0.717) is 23.2 Å². The van der Waals surface area contributed by atoms with Crippen LogP contribution in [0.25, 0.3) is 10.9 Å². The molecule has 0 bridgehead atoms. The molecule has 136 valence electrons. The van der Waals surface area contributed by atoms with Crippen LogP contribution in [0.2, 0.25) is 0 Å². The van der Waals surface area contributed by atoms with Crippen LogP contribution in [0.5, 0.6) is 5.75 Å². The average Bonchev–Trinajstić information content (AvgIpc) is 2.64. The zero-order chi connectivity index (χ0) is 18.7. The van der Waals surface area contributed by atoms with E-state index in [2.05, 4.69) is 4.98 Å². The Labute approximate surface area is 151 Å². The summed E-state index contributed by atoms with van der Waals surface area (Å²) in [6, 6.07) is 13.4. The summed E-state index contributed by atoms with van der Waals surface area (Å²) in [5, 5.41) is 0.563. The van der Waals surface area contributed by atoms with Crippen molar-refractivity contribution in [1.82, 2.24) is 13.9 Å². The lowest BCUT2D eigenvalue weighted by atomic mass is 10.2. The van der Waals surface area contributed by atoms with Gasteiger partial charge in [-0.1, -0.05) is 12.1 Å². The average molecular weight is 373 g/mol. The van der Waals surface area contributed by atoms with Crippen molar-refractivity contribution in [3.05, 3.63) is 65.2 Å². The molecule has 26 heavy (non-hydrogen) atoms. The number of sulfonamides is 1. The van der Waals surface area contributed by atoms with E-state index in [1.807, 2.05) is 6.07 Å². The van der Waals surface area contributed by atoms with Crippen molar-refractivity contribution in [2.45, 2.75) is 11.4 Å². The molecular formula is C18H19N3O4S. The van der Waals surface area contributed by atoms with Gasteiger partial charge in [0, 0.05) is 14.1 Å². The highest BCUT2D eigenvalue weighted by Crippen LogP contribution is 2.18. The predicted octanol–water partition coefficient (Wildman–Crippen LogP) is 1.73. The Morgan fingerprint density at radius 3 is 2.46 bits per heavy atom. The van der Waals surface area contributed by atoms with Gasteiger partial charge in [-0.2, -0.15) is 0 Å². The maximum absolute atomic E-state index is 12.4. The number of aromatic nitrogens is 2. The minimum Gasteiger partial charge on any atom is -0.492 e. The minimum atomic E-state index is -3.46. The van der Waals surface area contributed by atoms with E-state index in [-0.39, 0.29) is 17.1 Å². The van der Waals surface area contributed by atoms with Crippen molar-refractivity contribution >= 4 is 20.9 Å². The second-order valence-corrected chi connectivity index (χ2v) is 8.02. The molecule has 0 atom stereocenters. The number of rotatable bonds is 6. The minimum absolute atomic E-state index is 0.119. The zero-order valence-corrected chi connectivity index (χ0v) is 15.3. The Morgan fingerprint density at radius 1 is 1.08 bits per heavy atom. The number of benzene rings is 2. The molecule has 0 fully saturated rings. The summed E-state index contributed by atoms with van der Waals surface area (Å²) in [5.74, 6) is 0.532. The number of nitrogens with zero attached hydrogens (tertiary/aromatic N) is 3. The molecule has 1 heterocycles. The fourth-order valence-electron chi connectivity index (χ4n) is 2.45. The fraction of sp³-hybridized carbons (Fsp3) is 0.222. The molecule has 0 aliphatic carbocycles. The second kappa shape index (κ2) is 7.27. The molecule has 8 heteroatoms. The van der Waals surface area contributed by atoms with Crippen LogP contribution < -0.4 is 10.3 Å². The fourth-order valence-corrected chi connectivity index (χ4v) is 3.35. The van der Waals surface area contributed by atoms with E-state index < -0.39 is 10.0 Å². The number of hydrogen-bond donors (Lipinski definition) is 0. The van der Waals surface area contributed by atoms with Gasteiger partial charge >= 0.3 is 0 Å². The van der Waals surface area contributed by atoms with E-state index >= 15 is 0 Å². The SMILES string of the molecule is CN(C)S(=O)(=O)c1ccc(OCCn2cnc3ccccc3c2=O)cc1. The molecule has 0 saturated heterocycles. The lowest BCUT2D eigenvalue weighted by Gasteiger charge is -2.12. The third-order valence-electron chi connectivity index (χ3n) is 3.93. The molecule has 0 amide bonds. The van der Waals surface area contributed by atoms with Crippen LogP contribution in [0.3, 0.4) is 0 Å². The highest BCUT2D eigenvalue weighted by atomic mass is 32.2. The van der Waals surface area contributed by atoms with Gasteiger partial charge in [-0.25, -0.2) is 17.7 Å². The Hall–Kier alpha value is -2.71. The summed E-state index contributed by atoms with van der Waals surface area (Å²) >= 11 is 0. The monoisotopic (exact) mass is 373 g/mol. The van der Waals surface area contributed by atoms with Crippen LogP contribution in [0, 0.1) is 0 Å². The van der Waals surface area contributed by atoms with Gasteiger partial charge in [0.05, 0.1) is 28.7 Å². The number of ether oxygens (including phenoxy) is 1. The molecule has 0 aliphatic heterocycles. The van der Waals surface area contributed by atoms with Crippen LogP contribution in [-0.2, 0) is 16.6 Å². The van der Waals surface area contributed by atoms with Crippen molar-refractivity contribution < 1.29 is 13.2 Å². The molecule has 3 aromatic rings. The van der Waals surface area contributed by atoms with Gasteiger partial charge in [0.2, 0.25) is 10.0 Å². The summed E-state index contributed by atoms with van der Waals surface area (Å²) in [6.45, 7) is 0.605. The van der Waals surface area contributed by atoms with E-state index in [4.69, 9.17) is 4.74 Å². The summed E-state index contributed by atoms with van der Waals surface area (Å²) < 4.78 is 32.3. The maximum Gasteiger partial charge on any atom is 0.261 e. The number of hydrogen-bond acceptors (Lipinski definition) is 5. The molecule has 0 unspecified atom stereocenters. The third-order valence-corrected chi connectivity index (χ3v) is 5.76. The molecule has 0 radical (unpaired) electrons. The summed E-state index contributed by atoms with van der Waals surface area (Å²) in [4.78, 5) is 16.8. The highest BCUT2D eigenvalue weighted by molar-refractivity contribution is 7.89. The van der Waals surface area contributed by atoms with Gasteiger partial charge in [-0.15, -0.1) is 0 Å². The van der Waals surface area contributed by atoms with Crippen molar-refractivity contribution in [3.8, 4) is 5.75 Å². The maximum atomic E-state index is 12.4. The van der Waals surface area contributed by atoms with Gasteiger partial charge in [-0.05, 0) is 36.4 Å². The molecular weight excluding hydrogens is 354 g/mol. The molecule has 0 saturated carbocycles. The first kappa shape index (κ1) is 18.1. The summed E-state index contributed by atoms with van der Waals surface area (Å²) in [6.07, 6.45) is 1.50. The first-order valence-corrected chi connectivity index (χ1v) is 9.43. The summed E-state index contributed by atoms with van der Waals surface area (Å²) in [7, 11) is -0.497. The smallest absolute Gasteiger partial charge is 0.261 e. The molecule has 0 aliphatic rings. The van der Waals surface area contributed by atoms with Crippen LogP contribution >= 0.6 is 0 Å². The quantitative estimate of drug-likeness (QED) is 0.657. The summed E-state index contributed by atoms with van der Waals surface area (Å²) in [5.41, 5.74) is 0.541. The van der Waals surface area contributed by atoms with E-state index in [0.717, 1.165) is 4.31 Å². The third kappa shape index (κ3) is 3.61. The lowest BCUT2D eigenvalue weighted by Crippen LogP contribution is -2.23. The number of para-hydroxylation sites is 1. The Bertz CT molecular complexity index is 1070. The predicted molar refractivity (Wildman–Crippen MR) is 98.8 cm³/mol. The standard InChI is InChI=1S/C18H19N3O4S/c1-20(2)26(23,24)15-9-7-14(8-10-15)25-12-11-21-13-19-17-6-4-3-5-16(17)18(21)22/h3-10,13H,11-12H2,1-2H3. The van der Waals surface area contributed by atoms with E-state index in [1.165, 1.54) is 37.1 Å². The molecule has 1 aromatic heterocycles. The Morgan fingerprint density at radius 2 is 1.77 bits per heavy atom. The molecule has 0 spiro atoms. The second-order valence-electron chi connectivity index (χ2n) is 5.87. The normalized spacial score (nSPS) is 11.8. The lowest BCUT2D eigenvalue weighted by molar-refractivity contribution is 0.296. The van der Waals surface area contributed by atoms with Gasteiger partial charge in [0.1, 0.15) is 12.4 Å². The number of fused-ring (bicyclic) bond motifs is 1. The van der Waals surface area contributed by atoms with Crippen molar-refractivity contribution in [1.29, 1.82) is 0 Å². The molecule has 7 nitrogen and oxygen atoms in total. The van der Waals surface area contributed by atoms with Crippen LogP contribution in [0.4, 0.5) is 0 Å². The Kier molecular flexibility index (Phi) is 5.06. The van der Waals surface area contributed by atoms with Crippen LogP contribution in [-0.4, -0.2) is 43.0 Å². The molecule has 2 aromatic carbocycles. The topological polar surface area (TPSA) is 81.5 Å². The van der Waals surface area contributed by atoms with Gasteiger partial charge in [0.25, 0.3) is 5.56 Å². The highest BCUT2D eigenvalue weighted by Gasteiger charge is 2.16. The van der Waals surface area contributed by atoms with Gasteiger partial charge < -0.3 is 4.74 Å². The molecule has 3 rings (SSSR count). The Balaban J connectivity index is 1.67. The van der Waals surface area contributed by atoms with E-state index in [1.54, 1.807) is 30.3 Å². The van der Waals surface area contributed by atoms with Crippen molar-refractivity contribution in [2.24, 2.45) is 0 Å². The largest absolute Gasteiger partial charge is 0.492 e. The van der Waals surface area contributed by atoms with Crippen LogP contribution in [0.1, 0.15) is 0 Å². The van der Waals surface area contributed by atoms with E-state index in [9.17, 15) is 13.2 Å². The van der Waals surface area contributed by atoms with Gasteiger partial charge in [0.15, 0.2) is 0 Å². The first-order valence-electron chi connectivity index (χ1n) is 7.99.